The fourth-order valence-corrected chi connectivity index (χ4v) is 4.17. The topological polar surface area (TPSA) is 76.3 Å². The molecule has 1 aliphatic heterocycles. The number of fused-ring (bicyclic) bond motifs is 1. The fourth-order valence-electron chi connectivity index (χ4n) is 2.54. The van der Waals surface area contributed by atoms with Crippen LogP contribution in [0.15, 0.2) is 41.4 Å². The van der Waals surface area contributed by atoms with Gasteiger partial charge >= 0.3 is 0 Å². The van der Waals surface area contributed by atoms with Crippen LogP contribution in [0.4, 0.5) is 0 Å². The van der Waals surface area contributed by atoms with E-state index in [1.165, 1.54) is 4.31 Å². The van der Waals surface area contributed by atoms with E-state index in [1.54, 1.807) is 24.4 Å². The van der Waals surface area contributed by atoms with Gasteiger partial charge in [0.2, 0.25) is 10.0 Å². The molecule has 1 saturated heterocycles. The summed E-state index contributed by atoms with van der Waals surface area (Å²) in [7, 11) is -3.50. The third-order valence-corrected chi connectivity index (χ3v) is 5.64. The second-order valence-electron chi connectivity index (χ2n) is 5.07. The van der Waals surface area contributed by atoms with E-state index in [4.69, 9.17) is 5.73 Å². The lowest BCUT2D eigenvalue weighted by atomic mass is 10.1. The average molecular weight is 291 g/mol. The molecule has 1 aromatic heterocycles. The first kappa shape index (κ1) is 13.5. The molecule has 0 saturated carbocycles. The normalized spacial score (nSPS) is 18.4. The van der Waals surface area contributed by atoms with Gasteiger partial charge in [-0.15, -0.1) is 0 Å². The predicted molar refractivity (Wildman–Crippen MR) is 77.7 cm³/mol. The SMILES string of the molecule is NC1CCN(S(=O)(=O)c2cccc3cccnc23)CC1. The van der Waals surface area contributed by atoms with Gasteiger partial charge in [0.05, 0.1) is 5.52 Å². The van der Waals surface area contributed by atoms with Gasteiger partial charge in [0, 0.05) is 30.7 Å². The highest BCUT2D eigenvalue weighted by molar-refractivity contribution is 7.89. The standard InChI is InChI=1S/C14H17N3O2S/c15-12-6-9-17(10-7-12)20(18,19)13-5-1-3-11-4-2-8-16-14(11)13/h1-5,8,12H,6-7,9-10,15H2. The smallest absolute Gasteiger partial charge is 0.245 e. The molecule has 0 unspecified atom stereocenters. The van der Waals surface area contributed by atoms with Crippen LogP contribution in [0.3, 0.4) is 0 Å². The highest BCUT2D eigenvalue weighted by atomic mass is 32.2. The molecule has 106 valence electrons. The highest BCUT2D eigenvalue weighted by Crippen LogP contribution is 2.25. The minimum absolute atomic E-state index is 0.104. The van der Waals surface area contributed by atoms with Gasteiger partial charge in [0.15, 0.2) is 0 Å². The van der Waals surface area contributed by atoms with Crippen LogP contribution in [-0.2, 0) is 10.0 Å². The molecular formula is C14H17N3O2S. The first-order valence-corrected chi connectivity index (χ1v) is 8.12. The van der Waals surface area contributed by atoms with E-state index in [2.05, 4.69) is 4.98 Å². The summed E-state index contributed by atoms with van der Waals surface area (Å²) in [5.74, 6) is 0. The summed E-state index contributed by atoms with van der Waals surface area (Å²) in [5, 5.41) is 0.835. The van der Waals surface area contributed by atoms with Crippen molar-refractivity contribution in [1.82, 2.24) is 9.29 Å². The third-order valence-electron chi connectivity index (χ3n) is 3.71. The molecule has 0 atom stereocenters. The third kappa shape index (κ3) is 2.30. The van der Waals surface area contributed by atoms with Gasteiger partial charge in [-0.1, -0.05) is 18.2 Å². The van der Waals surface area contributed by atoms with Gasteiger partial charge < -0.3 is 5.73 Å². The number of nitrogens with two attached hydrogens (primary N) is 1. The average Bonchev–Trinajstić information content (AvgIpc) is 2.47. The number of rotatable bonds is 2. The molecular weight excluding hydrogens is 274 g/mol. The Morgan fingerprint density at radius 1 is 1.15 bits per heavy atom. The summed E-state index contributed by atoms with van der Waals surface area (Å²) < 4.78 is 27.0. The van der Waals surface area contributed by atoms with Gasteiger partial charge in [-0.05, 0) is 25.0 Å². The predicted octanol–water partition coefficient (Wildman–Crippen LogP) is 1.35. The van der Waals surface area contributed by atoms with Gasteiger partial charge in [0.1, 0.15) is 4.90 Å². The van der Waals surface area contributed by atoms with Crippen molar-refractivity contribution in [3.05, 3.63) is 36.5 Å². The second-order valence-corrected chi connectivity index (χ2v) is 6.98. The number of piperidine rings is 1. The maximum absolute atomic E-state index is 12.8. The Balaban J connectivity index is 2.05. The van der Waals surface area contributed by atoms with Gasteiger partial charge in [-0.3, -0.25) is 4.98 Å². The quantitative estimate of drug-likeness (QED) is 0.906. The van der Waals surface area contributed by atoms with E-state index in [1.807, 2.05) is 12.1 Å². The molecule has 0 radical (unpaired) electrons. The molecule has 2 heterocycles. The molecule has 20 heavy (non-hydrogen) atoms. The summed E-state index contributed by atoms with van der Waals surface area (Å²) >= 11 is 0. The van der Waals surface area contributed by atoms with Crippen LogP contribution in [0.25, 0.3) is 10.9 Å². The number of hydrogen-bond donors (Lipinski definition) is 1. The Bertz CT molecular complexity index is 717. The van der Waals surface area contributed by atoms with E-state index >= 15 is 0 Å². The highest BCUT2D eigenvalue weighted by Gasteiger charge is 2.29. The summed E-state index contributed by atoms with van der Waals surface area (Å²) in [5.41, 5.74) is 6.37. The number of hydrogen-bond acceptors (Lipinski definition) is 4. The van der Waals surface area contributed by atoms with Crippen LogP contribution in [0.2, 0.25) is 0 Å². The number of para-hydroxylation sites is 1. The molecule has 1 aromatic carbocycles. The Labute approximate surface area is 118 Å². The zero-order valence-corrected chi connectivity index (χ0v) is 11.9. The van der Waals surface area contributed by atoms with Crippen molar-refractivity contribution in [3.63, 3.8) is 0 Å². The molecule has 0 bridgehead atoms. The van der Waals surface area contributed by atoms with Crippen LogP contribution in [0.5, 0.6) is 0 Å². The fraction of sp³-hybridized carbons (Fsp3) is 0.357. The Kier molecular flexibility index (Phi) is 3.45. The van der Waals surface area contributed by atoms with E-state index in [0.29, 0.717) is 31.4 Å². The molecule has 3 rings (SSSR count). The van der Waals surface area contributed by atoms with E-state index < -0.39 is 10.0 Å². The molecule has 6 heteroatoms. The van der Waals surface area contributed by atoms with Gasteiger partial charge in [-0.25, -0.2) is 8.42 Å². The lowest BCUT2D eigenvalue weighted by Crippen LogP contribution is -2.42. The van der Waals surface area contributed by atoms with Crippen molar-refractivity contribution in [1.29, 1.82) is 0 Å². The van der Waals surface area contributed by atoms with Crippen molar-refractivity contribution in [2.75, 3.05) is 13.1 Å². The second kappa shape index (κ2) is 5.12. The Morgan fingerprint density at radius 2 is 1.85 bits per heavy atom. The van der Waals surface area contributed by atoms with E-state index in [-0.39, 0.29) is 10.9 Å². The molecule has 2 N–H and O–H groups in total. The van der Waals surface area contributed by atoms with Crippen LogP contribution in [0.1, 0.15) is 12.8 Å². The van der Waals surface area contributed by atoms with Crippen molar-refractivity contribution >= 4 is 20.9 Å². The summed E-state index contributed by atoms with van der Waals surface area (Å²) in [4.78, 5) is 4.51. The van der Waals surface area contributed by atoms with Crippen molar-refractivity contribution in [2.45, 2.75) is 23.8 Å². The molecule has 0 amide bonds. The molecule has 5 nitrogen and oxygen atoms in total. The molecule has 1 fully saturated rings. The monoisotopic (exact) mass is 291 g/mol. The number of pyridine rings is 1. The zero-order chi connectivity index (χ0) is 14.2. The number of nitrogens with zero attached hydrogens (tertiary/aromatic N) is 2. The minimum atomic E-state index is -3.50. The molecule has 0 spiro atoms. The number of aromatic nitrogens is 1. The summed E-state index contributed by atoms with van der Waals surface area (Å²) in [6.07, 6.45) is 3.03. The van der Waals surface area contributed by atoms with Gasteiger partial charge in [0.25, 0.3) is 0 Å². The van der Waals surface area contributed by atoms with Crippen molar-refractivity contribution in [2.24, 2.45) is 5.73 Å². The lowest BCUT2D eigenvalue weighted by Gasteiger charge is -2.29. The minimum Gasteiger partial charge on any atom is -0.328 e. The number of benzene rings is 1. The zero-order valence-electron chi connectivity index (χ0n) is 11.1. The molecule has 1 aliphatic rings. The lowest BCUT2D eigenvalue weighted by molar-refractivity contribution is 0.320. The van der Waals surface area contributed by atoms with E-state index in [9.17, 15) is 8.42 Å². The van der Waals surface area contributed by atoms with Crippen LogP contribution < -0.4 is 5.73 Å². The van der Waals surface area contributed by atoms with Crippen LogP contribution >= 0.6 is 0 Å². The number of sulfonamides is 1. The largest absolute Gasteiger partial charge is 0.328 e. The molecule has 2 aromatic rings. The Hall–Kier alpha value is -1.50. The maximum Gasteiger partial charge on any atom is 0.245 e. The first-order valence-electron chi connectivity index (χ1n) is 6.68. The molecule has 0 aliphatic carbocycles. The van der Waals surface area contributed by atoms with E-state index in [0.717, 1.165) is 5.39 Å². The van der Waals surface area contributed by atoms with Crippen molar-refractivity contribution < 1.29 is 8.42 Å². The van der Waals surface area contributed by atoms with Gasteiger partial charge in [-0.2, -0.15) is 4.31 Å². The first-order chi connectivity index (χ1) is 9.59. The maximum atomic E-state index is 12.8. The van der Waals surface area contributed by atoms with Crippen LogP contribution in [-0.4, -0.2) is 36.8 Å². The van der Waals surface area contributed by atoms with Crippen LogP contribution in [0, 0.1) is 0 Å². The summed E-state index contributed by atoms with van der Waals surface area (Å²) in [6.45, 7) is 0.958. The Morgan fingerprint density at radius 3 is 2.60 bits per heavy atom. The van der Waals surface area contributed by atoms with Crippen molar-refractivity contribution in [3.8, 4) is 0 Å². The summed E-state index contributed by atoms with van der Waals surface area (Å²) in [6, 6.07) is 9.03.